The summed E-state index contributed by atoms with van der Waals surface area (Å²) in [4.78, 5) is 0. The summed E-state index contributed by atoms with van der Waals surface area (Å²) in [6, 6.07) is 5.59. The molecule has 0 unspecified atom stereocenters. The minimum Gasteiger partial charge on any atom is -0.493 e. The van der Waals surface area contributed by atoms with E-state index in [1.165, 1.54) is 19.3 Å². The highest BCUT2D eigenvalue weighted by molar-refractivity contribution is 9.10. The van der Waals surface area contributed by atoms with Crippen LogP contribution in [0.5, 0.6) is 5.75 Å². The van der Waals surface area contributed by atoms with Crippen molar-refractivity contribution in [2.45, 2.75) is 25.7 Å². The third-order valence-electron chi connectivity index (χ3n) is 3.24. The van der Waals surface area contributed by atoms with E-state index >= 15 is 0 Å². The normalized spacial score (nSPS) is 15.4. The molecule has 0 atom stereocenters. The first kappa shape index (κ1) is 12.4. The van der Waals surface area contributed by atoms with Crippen molar-refractivity contribution in [2.75, 3.05) is 6.61 Å². The van der Waals surface area contributed by atoms with Crippen LogP contribution >= 0.6 is 15.9 Å². The van der Waals surface area contributed by atoms with Crippen LogP contribution in [0.4, 0.5) is 0 Å². The highest BCUT2D eigenvalue weighted by atomic mass is 79.9. The summed E-state index contributed by atoms with van der Waals surface area (Å²) in [5.74, 6) is 1.59. The van der Waals surface area contributed by atoms with Crippen molar-refractivity contribution in [1.82, 2.24) is 0 Å². The Balaban J connectivity index is 1.96. The first-order valence-electron chi connectivity index (χ1n) is 5.93. The number of amidine groups is 1. The number of hydrogen-bond donors (Lipinski definition) is 2. The maximum Gasteiger partial charge on any atom is 0.130 e. The number of hydrogen-bond acceptors (Lipinski definition) is 2. The molecule has 0 radical (unpaired) electrons. The molecule has 0 aliphatic heterocycles. The average molecular weight is 297 g/mol. The van der Waals surface area contributed by atoms with E-state index in [1.54, 1.807) is 0 Å². The van der Waals surface area contributed by atoms with Gasteiger partial charge in [0.2, 0.25) is 0 Å². The van der Waals surface area contributed by atoms with E-state index in [0.29, 0.717) is 17.9 Å². The Morgan fingerprint density at radius 2 is 2.24 bits per heavy atom. The molecule has 1 aromatic carbocycles. The molecule has 1 fully saturated rings. The molecule has 3 nitrogen and oxygen atoms in total. The van der Waals surface area contributed by atoms with Crippen LogP contribution in [0.15, 0.2) is 22.7 Å². The second-order valence-electron chi connectivity index (χ2n) is 4.49. The predicted octanol–water partition coefficient (Wildman–Crippen LogP) is 3.30. The van der Waals surface area contributed by atoms with E-state index in [4.69, 9.17) is 15.9 Å². The summed E-state index contributed by atoms with van der Waals surface area (Å²) >= 11 is 3.37. The van der Waals surface area contributed by atoms with Crippen LogP contribution in [0, 0.1) is 11.3 Å². The van der Waals surface area contributed by atoms with Crippen molar-refractivity contribution in [3.63, 3.8) is 0 Å². The largest absolute Gasteiger partial charge is 0.493 e. The van der Waals surface area contributed by atoms with Crippen molar-refractivity contribution >= 4 is 21.8 Å². The minimum atomic E-state index is 0.0462. The fourth-order valence-corrected chi connectivity index (χ4v) is 2.32. The van der Waals surface area contributed by atoms with E-state index in [-0.39, 0.29) is 5.84 Å². The summed E-state index contributed by atoms with van der Waals surface area (Å²) in [5.41, 5.74) is 6.19. The molecule has 4 heteroatoms. The summed E-state index contributed by atoms with van der Waals surface area (Å²) in [5, 5.41) is 7.52. The van der Waals surface area contributed by atoms with Gasteiger partial charge in [-0.15, -0.1) is 0 Å². The fourth-order valence-electron chi connectivity index (χ4n) is 1.96. The zero-order valence-corrected chi connectivity index (χ0v) is 11.3. The van der Waals surface area contributed by atoms with Crippen LogP contribution in [0.1, 0.15) is 31.2 Å². The number of nitrogens with one attached hydrogen (secondary N) is 1. The molecular weight excluding hydrogens is 280 g/mol. The standard InChI is InChI=1S/C13H17BrN2O/c14-10-4-5-12(11(8-10)13(15)16)17-7-6-9-2-1-3-9/h4-5,8-9H,1-3,6-7H2,(H3,15,16). The number of ether oxygens (including phenoxy) is 1. The molecule has 17 heavy (non-hydrogen) atoms. The lowest BCUT2D eigenvalue weighted by atomic mass is 9.83. The molecule has 1 aliphatic carbocycles. The lowest BCUT2D eigenvalue weighted by Crippen LogP contribution is -2.16. The molecule has 0 heterocycles. The molecule has 0 bridgehead atoms. The first-order valence-corrected chi connectivity index (χ1v) is 6.73. The Kier molecular flexibility index (Phi) is 4.05. The minimum absolute atomic E-state index is 0.0462. The summed E-state index contributed by atoms with van der Waals surface area (Å²) in [6.07, 6.45) is 5.14. The molecule has 2 rings (SSSR count). The Hall–Kier alpha value is -1.03. The average Bonchev–Trinajstić information content (AvgIpc) is 2.23. The van der Waals surface area contributed by atoms with Crippen LogP contribution in [0.25, 0.3) is 0 Å². The maximum absolute atomic E-state index is 7.52. The SMILES string of the molecule is N=C(N)c1cc(Br)ccc1OCCC1CCC1. The topological polar surface area (TPSA) is 59.1 Å². The Labute approximate surface area is 110 Å². The Morgan fingerprint density at radius 1 is 1.47 bits per heavy atom. The van der Waals surface area contributed by atoms with Crippen molar-refractivity contribution in [1.29, 1.82) is 5.41 Å². The smallest absolute Gasteiger partial charge is 0.130 e. The lowest BCUT2D eigenvalue weighted by molar-refractivity contribution is 0.222. The van der Waals surface area contributed by atoms with Crippen LogP contribution in [0.2, 0.25) is 0 Å². The van der Waals surface area contributed by atoms with E-state index < -0.39 is 0 Å². The van der Waals surface area contributed by atoms with Gasteiger partial charge in [-0.2, -0.15) is 0 Å². The van der Waals surface area contributed by atoms with Crippen LogP contribution in [0.3, 0.4) is 0 Å². The Bertz CT molecular complexity index is 416. The van der Waals surface area contributed by atoms with Gasteiger partial charge in [-0.05, 0) is 30.5 Å². The monoisotopic (exact) mass is 296 g/mol. The molecule has 0 amide bonds. The molecule has 92 valence electrons. The van der Waals surface area contributed by atoms with Gasteiger partial charge in [-0.1, -0.05) is 35.2 Å². The highest BCUT2D eigenvalue weighted by Gasteiger charge is 2.17. The first-order chi connectivity index (χ1) is 8.16. The quantitative estimate of drug-likeness (QED) is 0.647. The maximum atomic E-state index is 7.52. The van der Waals surface area contributed by atoms with Gasteiger partial charge in [-0.25, -0.2) is 0 Å². The summed E-state index contributed by atoms with van der Waals surface area (Å²) in [7, 11) is 0. The van der Waals surface area contributed by atoms with E-state index in [9.17, 15) is 0 Å². The van der Waals surface area contributed by atoms with Crippen molar-refractivity contribution in [3.8, 4) is 5.75 Å². The van der Waals surface area contributed by atoms with Crippen LogP contribution < -0.4 is 10.5 Å². The number of benzene rings is 1. The molecule has 0 spiro atoms. The molecule has 1 aliphatic rings. The molecule has 1 aromatic rings. The number of halogens is 1. The van der Waals surface area contributed by atoms with Crippen LogP contribution in [-0.2, 0) is 0 Å². The van der Waals surface area contributed by atoms with Gasteiger partial charge in [0, 0.05) is 4.47 Å². The van der Waals surface area contributed by atoms with Gasteiger partial charge in [0.25, 0.3) is 0 Å². The fraction of sp³-hybridized carbons (Fsp3) is 0.462. The van der Waals surface area contributed by atoms with E-state index in [1.807, 2.05) is 18.2 Å². The third-order valence-corrected chi connectivity index (χ3v) is 3.73. The number of nitrogens with two attached hydrogens (primary N) is 1. The predicted molar refractivity (Wildman–Crippen MR) is 72.6 cm³/mol. The van der Waals surface area contributed by atoms with Gasteiger partial charge in [-0.3, -0.25) is 5.41 Å². The Morgan fingerprint density at radius 3 is 2.82 bits per heavy atom. The van der Waals surface area contributed by atoms with Gasteiger partial charge in [0.1, 0.15) is 11.6 Å². The number of nitrogen functional groups attached to an aromatic ring is 1. The molecule has 1 saturated carbocycles. The van der Waals surface area contributed by atoms with Gasteiger partial charge >= 0.3 is 0 Å². The second-order valence-corrected chi connectivity index (χ2v) is 5.40. The van der Waals surface area contributed by atoms with Gasteiger partial charge in [0.05, 0.1) is 12.2 Å². The summed E-state index contributed by atoms with van der Waals surface area (Å²) in [6.45, 7) is 0.715. The highest BCUT2D eigenvalue weighted by Crippen LogP contribution is 2.30. The van der Waals surface area contributed by atoms with E-state index in [2.05, 4.69) is 15.9 Å². The van der Waals surface area contributed by atoms with Gasteiger partial charge in [0.15, 0.2) is 0 Å². The molecule has 0 saturated heterocycles. The number of rotatable bonds is 5. The second kappa shape index (κ2) is 5.54. The van der Waals surface area contributed by atoms with Gasteiger partial charge < -0.3 is 10.5 Å². The van der Waals surface area contributed by atoms with Crippen molar-refractivity contribution in [3.05, 3.63) is 28.2 Å². The zero-order valence-electron chi connectivity index (χ0n) is 9.71. The third kappa shape index (κ3) is 3.22. The summed E-state index contributed by atoms with van der Waals surface area (Å²) < 4.78 is 6.63. The molecule has 3 N–H and O–H groups in total. The molecular formula is C13H17BrN2O. The van der Waals surface area contributed by atoms with Crippen molar-refractivity contribution < 1.29 is 4.74 Å². The van der Waals surface area contributed by atoms with E-state index in [0.717, 1.165) is 16.8 Å². The molecule has 0 aromatic heterocycles. The van der Waals surface area contributed by atoms with Crippen LogP contribution in [-0.4, -0.2) is 12.4 Å². The lowest BCUT2D eigenvalue weighted by Gasteiger charge is -2.25. The zero-order chi connectivity index (χ0) is 12.3. The van der Waals surface area contributed by atoms with Crippen molar-refractivity contribution in [2.24, 2.45) is 11.7 Å².